The van der Waals surface area contributed by atoms with E-state index in [-0.39, 0.29) is 78.1 Å². The van der Waals surface area contributed by atoms with Crippen LogP contribution in [-0.4, -0.2) is 152 Å². The van der Waals surface area contributed by atoms with Crippen LogP contribution in [0.4, 0.5) is 10.5 Å². The molecule has 418 valence electrons. The molecule has 7 rings (SSSR count). The van der Waals surface area contributed by atoms with Gasteiger partial charge < -0.3 is 71.5 Å². The Balaban J connectivity index is 0.938. The molecule has 0 aromatic heterocycles. The lowest BCUT2D eigenvalue weighted by molar-refractivity contribution is -0.249. The van der Waals surface area contributed by atoms with E-state index in [9.17, 15) is 68.7 Å². The number of hydrogen-bond acceptors (Lipinski definition) is 19. The van der Waals surface area contributed by atoms with E-state index in [2.05, 4.69) is 21.3 Å². The van der Waals surface area contributed by atoms with Gasteiger partial charge >= 0.3 is 6.09 Å². The van der Waals surface area contributed by atoms with Gasteiger partial charge in [0, 0.05) is 66.8 Å². The van der Waals surface area contributed by atoms with Gasteiger partial charge in [-0.05, 0) is 76.3 Å². The van der Waals surface area contributed by atoms with E-state index in [0.717, 1.165) is 4.90 Å². The van der Waals surface area contributed by atoms with Crippen molar-refractivity contribution in [3.05, 3.63) is 93.6 Å². The molecule has 1 fully saturated rings. The highest BCUT2D eigenvalue weighted by atomic mass is 16.7. The Labute approximate surface area is 447 Å². The first-order chi connectivity index (χ1) is 37.2. The average molecular weight is 1090 g/mol. The summed E-state index contributed by atoms with van der Waals surface area (Å²) in [5.41, 5.74) is 2.14. The number of aliphatic hydroxyl groups is 3. The number of alkyl carbamates (subject to hydrolysis) is 1. The van der Waals surface area contributed by atoms with Crippen LogP contribution in [0.1, 0.15) is 126 Å². The van der Waals surface area contributed by atoms with Crippen LogP contribution in [0.15, 0.2) is 54.6 Å². The smallest absolute Gasteiger partial charge is 0.407 e. The van der Waals surface area contributed by atoms with Crippen LogP contribution in [-0.2, 0) is 56.0 Å². The quantitative estimate of drug-likeness (QED) is 0.0286. The number of carbonyl (C=O) groups is 9. The zero-order chi connectivity index (χ0) is 56.6. The number of ketones is 3. The van der Waals surface area contributed by atoms with E-state index in [1.54, 1.807) is 24.3 Å². The van der Waals surface area contributed by atoms with E-state index >= 15 is 0 Å². The molecular formula is C54H64N6O18. The number of carbonyl (C=O) groups excluding carboxylic acids is 9. The molecule has 6 amide bonds. The number of methoxy groups -OCH3 is 1. The number of unbranched alkanes of at least 4 members (excludes halogenated alkanes) is 3. The lowest BCUT2D eigenvalue weighted by Gasteiger charge is -2.42. The number of amides is 6. The van der Waals surface area contributed by atoms with Crippen molar-refractivity contribution in [2.24, 2.45) is 5.73 Å². The number of rotatable bonds is 23. The number of ether oxygens (including phenoxy) is 4. The molecule has 24 nitrogen and oxygen atoms in total. The fourth-order valence-electron chi connectivity index (χ4n) is 9.94. The van der Waals surface area contributed by atoms with Crippen molar-refractivity contribution in [2.75, 3.05) is 32.1 Å². The zero-order valence-electron chi connectivity index (χ0n) is 43.2. The highest BCUT2D eigenvalue weighted by Gasteiger charge is 2.50. The molecule has 78 heavy (non-hydrogen) atoms. The molecule has 3 aromatic carbocycles. The summed E-state index contributed by atoms with van der Waals surface area (Å²) in [6.45, 7) is 2.19. The molecule has 11 N–H and O–H groups in total. The minimum Gasteiger partial charge on any atom is -0.507 e. The van der Waals surface area contributed by atoms with Crippen LogP contribution >= 0.6 is 0 Å². The summed E-state index contributed by atoms with van der Waals surface area (Å²) < 4.78 is 23.0. The van der Waals surface area contributed by atoms with Gasteiger partial charge in [0.1, 0.15) is 54.3 Å². The number of hydrogen-bond donors (Lipinski definition) is 10. The number of Topliss-reactive ketones (excluding diaryl/α,β-unsaturated/α-hetero) is 1. The topological polar surface area (TPSA) is 369 Å². The number of phenolic OH excluding ortho intramolecular Hbond substituents is 2. The molecule has 1 saturated heterocycles. The number of nitrogens with two attached hydrogens (primary N) is 1. The van der Waals surface area contributed by atoms with Gasteiger partial charge in [-0.25, -0.2) is 4.79 Å². The van der Waals surface area contributed by atoms with Gasteiger partial charge in [-0.15, -0.1) is 0 Å². The molecule has 2 aliphatic carbocycles. The molecule has 4 aliphatic rings. The monoisotopic (exact) mass is 1080 g/mol. The summed E-state index contributed by atoms with van der Waals surface area (Å²) in [5, 5.41) is 66.8. The van der Waals surface area contributed by atoms with E-state index in [1.807, 2.05) is 0 Å². The molecule has 24 heteroatoms. The Morgan fingerprint density at radius 1 is 0.885 bits per heavy atom. The fraction of sp³-hybridized carbons (Fsp3) is 0.463. The second-order valence-electron chi connectivity index (χ2n) is 19.6. The second kappa shape index (κ2) is 25.2. The minimum absolute atomic E-state index is 0.0271. The first kappa shape index (κ1) is 58.1. The summed E-state index contributed by atoms with van der Waals surface area (Å²) in [6, 6.07) is 7.44. The zero-order valence-corrected chi connectivity index (χ0v) is 43.2. The van der Waals surface area contributed by atoms with Crippen molar-refractivity contribution >= 4 is 58.7 Å². The van der Waals surface area contributed by atoms with Crippen LogP contribution in [0.5, 0.6) is 17.2 Å². The predicted molar refractivity (Wildman–Crippen MR) is 273 cm³/mol. The highest BCUT2D eigenvalue weighted by Crippen LogP contribution is 2.52. The van der Waals surface area contributed by atoms with Crippen LogP contribution in [0.25, 0.3) is 0 Å². The normalized spacial score (nSPS) is 22.1. The number of nitrogens with zero attached hydrogens (tertiary/aromatic N) is 1. The van der Waals surface area contributed by atoms with Crippen LogP contribution in [0.3, 0.4) is 0 Å². The first-order valence-electron chi connectivity index (χ1n) is 25.6. The average Bonchev–Trinajstić information content (AvgIpc) is 3.90. The number of aromatic hydroxyl groups is 2. The Kier molecular flexibility index (Phi) is 18.8. The molecule has 0 spiro atoms. The van der Waals surface area contributed by atoms with Gasteiger partial charge in [0.25, 0.3) is 11.8 Å². The molecule has 3 aromatic rings. The van der Waals surface area contributed by atoms with E-state index in [0.29, 0.717) is 49.9 Å². The number of imide groups is 1. The lowest BCUT2D eigenvalue weighted by Crippen LogP contribution is -2.56. The van der Waals surface area contributed by atoms with E-state index in [4.69, 9.17) is 24.7 Å². The Bertz CT molecular complexity index is 2860. The summed E-state index contributed by atoms with van der Waals surface area (Å²) in [7, 11) is 1.29. The second-order valence-corrected chi connectivity index (χ2v) is 19.6. The summed E-state index contributed by atoms with van der Waals surface area (Å²) >= 11 is 0. The van der Waals surface area contributed by atoms with Gasteiger partial charge in [0.05, 0.1) is 42.0 Å². The Morgan fingerprint density at radius 3 is 2.27 bits per heavy atom. The highest BCUT2D eigenvalue weighted by molar-refractivity contribution is 6.31. The van der Waals surface area contributed by atoms with E-state index < -0.39 is 126 Å². The largest absolute Gasteiger partial charge is 0.507 e. The van der Waals surface area contributed by atoms with Gasteiger partial charge in [0.2, 0.25) is 23.5 Å². The fourth-order valence-corrected chi connectivity index (χ4v) is 9.94. The van der Waals surface area contributed by atoms with Crippen LogP contribution in [0.2, 0.25) is 0 Å². The van der Waals surface area contributed by atoms with Crippen molar-refractivity contribution in [1.82, 2.24) is 20.9 Å². The maximum Gasteiger partial charge on any atom is 0.407 e. The minimum atomic E-state index is -2.41. The van der Waals surface area contributed by atoms with Crippen molar-refractivity contribution in [3.8, 4) is 17.2 Å². The van der Waals surface area contributed by atoms with Crippen LogP contribution < -0.4 is 31.7 Å². The number of phenols is 2. The Morgan fingerprint density at radius 2 is 1.59 bits per heavy atom. The van der Waals surface area contributed by atoms with Crippen molar-refractivity contribution < 1.29 is 87.6 Å². The number of anilines is 1. The van der Waals surface area contributed by atoms with Gasteiger partial charge in [-0.1, -0.05) is 30.7 Å². The summed E-state index contributed by atoms with van der Waals surface area (Å²) in [4.78, 5) is 118. The number of fused-ring (bicyclic) bond motifs is 3. The third-order valence-electron chi connectivity index (χ3n) is 14.2. The SMILES string of the molecule is COc1cccc2c1C(=O)c1c(O)c3c(c(O)c1C2=O)C[C@@](O)(C(=O)CO)C[C@@H]3O[C@H]1C[C@H](NC(=O)OCc2ccc(NC(=O)[C@H](CCCCN)NC(=O)[C@H](C)NC(=O)CCCCCN3C(=O)C=CC3=O)cc2)[C@H](O)[C@H](C)O1. The third kappa shape index (κ3) is 12.9. The van der Waals surface area contributed by atoms with Gasteiger partial charge in [-0.3, -0.25) is 43.3 Å². The molecule has 0 saturated carbocycles. The molecule has 8 atom stereocenters. The van der Waals surface area contributed by atoms with Gasteiger partial charge in [-0.2, -0.15) is 0 Å². The standard InChI is InChI=1S/C54H64N6O18/c1-27(56-38(63)13-5-4-8-21-60-39(64)18-19-40(60)65)51(71)58-33(11-6-7-20-55)52(72)57-30-16-14-29(15-17-30)26-76-53(73)59-34-22-41(77-28(2)46(34)66)78-36-24-54(74,37(62)25-61)23-32-43(36)50(70)45-44(48(32)68)47(67)31-10-9-12-35(75-3)42(31)49(45)69/h9-10,12,14-19,27-28,33-34,36,41,46,61,66,68,70,74H,4-8,11,13,20-26,55H2,1-3H3,(H,56,63)(H,57,72)(H,58,71)(H,59,73)/t27-,28-,33-,34-,36-,41-,46+,54-/m0/s1. The molecule has 0 radical (unpaired) electrons. The van der Waals surface area contributed by atoms with Crippen molar-refractivity contribution in [3.63, 3.8) is 0 Å². The molecule has 2 heterocycles. The molecule has 0 unspecified atom stereocenters. The maximum atomic E-state index is 14.0. The first-order valence-corrected chi connectivity index (χ1v) is 25.6. The van der Waals surface area contributed by atoms with Gasteiger partial charge in [0.15, 0.2) is 17.9 Å². The van der Waals surface area contributed by atoms with E-state index in [1.165, 1.54) is 51.3 Å². The molecule has 0 bridgehead atoms. The Hall–Kier alpha value is -7.61. The molecular weight excluding hydrogens is 1020 g/mol. The summed E-state index contributed by atoms with van der Waals surface area (Å²) in [6.07, 6.45) is -2.37. The number of nitrogens with one attached hydrogen (secondary N) is 4. The summed E-state index contributed by atoms with van der Waals surface area (Å²) in [5.74, 6) is -6.56. The van der Waals surface area contributed by atoms with Crippen molar-refractivity contribution in [1.29, 1.82) is 0 Å². The number of aliphatic hydroxyl groups excluding tert-OH is 2. The van der Waals surface area contributed by atoms with Crippen molar-refractivity contribution in [2.45, 2.75) is 133 Å². The maximum absolute atomic E-state index is 14.0. The lowest BCUT2D eigenvalue weighted by atomic mass is 9.72. The van der Waals surface area contributed by atoms with Crippen LogP contribution in [0, 0.1) is 0 Å². The predicted octanol–water partition coefficient (Wildman–Crippen LogP) is 1.51. The number of benzene rings is 3. The molecule has 2 aliphatic heterocycles. The third-order valence-corrected chi connectivity index (χ3v) is 14.2.